The minimum Gasteiger partial charge on any atom is -0.465 e. The number of thiophene rings is 1. The zero-order valence-corrected chi connectivity index (χ0v) is 17.8. The summed E-state index contributed by atoms with van der Waals surface area (Å²) in [6, 6.07) is 11.2. The van der Waals surface area contributed by atoms with E-state index < -0.39 is 34.3 Å². The summed E-state index contributed by atoms with van der Waals surface area (Å²) >= 11 is 1.27. The Morgan fingerprint density at radius 2 is 1.83 bits per heavy atom. The number of carbonyl (C=O) groups excluding carboxylic acids is 2. The van der Waals surface area contributed by atoms with Gasteiger partial charge in [0.15, 0.2) is 0 Å². The molecule has 10 heteroatoms. The second-order valence-electron chi connectivity index (χ2n) is 6.29. The molecular formula is C20H19FN2O5S2. The number of benzene rings is 2. The van der Waals surface area contributed by atoms with E-state index in [0.29, 0.717) is 10.6 Å². The minimum absolute atomic E-state index is 0.0686. The average molecular weight is 451 g/mol. The van der Waals surface area contributed by atoms with Gasteiger partial charge >= 0.3 is 5.97 Å². The highest BCUT2D eigenvalue weighted by molar-refractivity contribution is 7.89. The van der Waals surface area contributed by atoms with Crippen molar-refractivity contribution >= 4 is 49.0 Å². The molecule has 1 N–H and O–H groups in total. The van der Waals surface area contributed by atoms with Gasteiger partial charge in [0, 0.05) is 16.9 Å². The number of hydrogen-bond donors (Lipinski definition) is 1. The van der Waals surface area contributed by atoms with Crippen LogP contribution in [0.1, 0.15) is 16.6 Å². The Bertz CT molecular complexity index is 1190. The SMILES string of the molecule is CCN(CC(=O)Nc1ccc2sc(C(=O)OC)cc2c1)S(=O)(=O)c1ccc(F)cc1. The van der Waals surface area contributed by atoms with Crippen LogP contribution < -0.4 is 5.32 Å². The molecule has 158 valence electrons. The van der Waals surface area contributed by atoms with Gasteiger partial charge in [0.1, 0.15) is 10.7 Å². The van der Waals surface area contributed by atoms with Gasteiger partial charge < -0.3 is 10.1 Å². The Balaban J connectivity index is 1.74. The van der Waals surface area contributed by atoms with Gasteiger partial charge in [0.05, 0.1) is 18.6 Å². The topological polar surface area (TPSA) is 92.8 Å². The van der Waals surface area contributed by atoms with E-state index in [-0.39, 0.29) is 11.4 Å². The van der Waals surface area contributed by atoms with Gasteiger partial charge in [0.2, 0.25) is 15.9 Å². The molecule has 1 amide bonds. The van der Waals surface area contributed by atoms with Crippen molar-refractivity contribution in [3.05, 3.63) is 59.2 Å². The van der Waals surface area contributed by atoms with E-state index in [0.717, 1.165) is 38.7 Å². The van der Waals surface area contributed by atoms with Crippen molar-refractivity contribution in [1.82, 2.24) is 4.31 Å². The molecule has 0 fully saturated rings. The number of methoxy groups -OCH3 is 1. The number of ether oxygens (including phenoxy) is 1. The number of halogens is 1. The highest BCUT2D eigenvalue weighted by Crippen LogP contribution is 2.28. The van der Waals surface area contributed by atoms with E-state index in [1.54, 1.807) is 31.2 Å². The van der Waals surface area contributed by atoms with Crippen molar-refractivity contribution in [1.29, 1.82) is 0 Å². The lowest BCUT2D eigenvalue weighted by Gasteiger charge is -2.20. The number of carbonyl (C=O) groups is 2. The van der Waals surface area contributed by atoms with E-state index in [1.807, 2.05) is 0 Å². The standard InChI is InChI=1S/C20H19FN2O5S2/c1-3-23(30(26,27)16-7-4-14(21)5-8-16)12-19(24)22-15-6-9-17-13(10-15)11-18(29-17)20(25)28-2/h4-11H,3,12H2,1-2H3,(H,22,24). The number of esters is 1. The van der Waals surface area contributed by atoms with Gasteiger partial charge in [0.25, 0.3) is 0 Å². The number of sulfonamides is 1. The lowest BCUT2D eigenvalue weighted by Crippen LogP contribution is -2.37. The van der Waals surface area contributed by atoms with Crippen LogP contribution >= 0.6 is 11.3 Å². The summed E-state index contributed by atoms with van der Waals surface area (Å²) in [5.74, 6) is -1.51. The van der Waals surface area contributed by atoms with Crippen molar-refractivity contribution in [2.24, 2.45) is 0 Å². The Morgan fingerprint density at radius 1 is 1.13 bits per heavy atom. The summed E-state index contributed by atoms with van der Waals surface area (Å²) in [4.78, 5) is 24.5. The van der Waals surface area contributed by atoms with Gasteiger partial charge in [-0.3, -0.25) is 4.79 Å². The Hall–Kier alpha value is -2.82. The third kappa shape index (κ3) is 4.66. The second-order valence-corrected chi connectivity index (χ2v) is 9.31. The van der Waals surface area contributed by atoms with Crippen LogP contribution in [0, 0.1) is 5.82 Å². The van der Waals surface area contributed by atoms with Crippen molar-refractivity contribution in [3.63, 3.8) is 0 Å². The molecule has 30 heavy (non-hydrogen) atoms. The highest BCUT2D eigenvalue weighted by Gasteiger charge is 2.25. The summed E-state index contributed by atoms with van der Waals surface area (Å²) in [5.41, 5.74) is 0.469. The van der Waals surface area contributed by atoms with E-state index in [4.69, 9.17) is 4.74 Å². The van der Waals surface area contributed by atoms with Crippen LogP contribution in [0.25, 0.3) is 10.1 Å². The summed E-state index contributed by atoms with van der Waals surface area (Å²) in [6.07, 6.45) is 0. The van der Waals surface area contributed by atoms with Crippen LogP contribution in [0.15, 0.2) is 53.4 Å². The fourth-order valence-corrected chi connectivity index (χ4v) is 5.17. The largest absolute Gasteiger partial charge is 0.465 e. The second kappa shape index (κ2) is 8.90. The first-order valence-electron chi connectivity index (χ1n) is 8.92. The first kappa shape index (κ1) is 21.9. The molecule has 3 rings (SSSR count). The molecule has 7 nitrogen and oxygen atoms in total. The van der Waals surface area contributed by atoms with Crippen LogP contribution in [-0.2, 0) is 19.6 Å². The molecule has 0 unspecified atom stereocenters. The molecule has 0 aliphatic carbocycles. The third-order valence-corrected chi connectivity index (χ3v) is 7.34. The summed E-state index contributed by atoms with van der Waals surface area (Å²) in [7, 11) is -2.64. The molecule has 0 aliphatic heterocycles. The van der Waals surface area contributed by atoms with Gasteiger partial charge in [-0.2, -0.15) is 4.31 Å². The molecule has 0 bridgehead atoms. The number of nitrogens with one attached hydrogen (secondary N) is 1. The van der Waals surface area contributed by atoms with Crippen molar-refractivity contribution in [2.45, 2.75) is 11.8 Å². The molecular weight excluding hydrogens is 431 g/mol. The molecule has 0 atom stereocenters. The fraction of sp³-hybridized carbons (Fsp3) is 0.200. The molecule has 3 aromatic rings. The van der Waals surface area contributed by atoms with Gasteiger partial charge in [-0.1, -0.05) is 6.92 Å². The third-order valence-electron chi connectivity index (χ3n) is 4.31. The predicted octanol–water partition coefficient (Wildman–Crippen LogP) is 3.48. The number of rotatable bonds is 7. The van der Waals surface area contributed by atoms with Crippen LogP contribution in [0.2, 0.25) is 0 Å². The Kier molecular flexibility index (Phi) is 6.49. The number of amides is 1. The molecule has 0 saturated carbocycles. The summed E-state index contributed by atoms with van der Waals surface area (Å²) in [6.45, 7) is 1.28. The smallest absolute Gasteiger partial charge is 0.348 e. The Labute approximate surface area is 177 Å². The van der Waals surface area contributed by atoms with Gasteiger partial charge in [-0.05, 0) is 53.9 Å². The molecule has 1 aromatic heterocycles. The van der Waals surface area contributed by atoms with Crippen LogP contribution in [0.5, 0.6) is 0 Å². The first-order valence-corrected chi connectivity index (χ1v) is 11.2. The average Bonchev–Trinajstić information content (AvgIpc) is 3.15. The lowest BCUT2D eigenvalue weighted by molar-refractivity contribution is -0.116. The van der Waals surface area contributed by atoms with Crippen molar-refractivity contribution in [2.75, 3.05) is 25.5 Å². The first-order chi connectivity index (χ1) is 14.2. The molecule has 0 saturated heterocycles. The molecule has 1 heterocycles. The number of likely N-dealkylation sites (N-methyl/N-ethyl adjacent to an activating group) is 1. The van der Waals surface area contributed by atoms with Crippen LogP contribution in [-0.4, -0.2) is 44.8 Å². The highest BCUT2D eigenvalue weighted by atomic mass is 32.2. The van der Waals surface area contributed by atoms with E-state index in [9.17, 15) is 22.4 Å². The van der Waals surface area contributed by atoms with Gasteiger partial charge in [-0.15, -0.1) is 11.3 Å². The van der Waals surface area contributed by atoms with Crippen LogP contribution in [0.3, 0.4) is 0 Å². The van der Waals surface area contributed by atoms with E-state index in [2.05, 4.69) is 5.32 Å². The quantitative estimate of drug-likeness (QED) is 0.557. The van der Waals surface area contributed by atoms with Gasteiger partial charge in [-0.25, -0.2) is 17.6 Å². The van der Waals surface area contributed by atoms with Crippen molar-refractivity contribution < 1.29 is 27.1 Å². The zero-order valence-electron chi connectivity index (χ0n) is 16.2. The zero-order chi connectivity index (χ0) is 21.9. The molecule has 2 aromatic carbocycles. The molecule has 0 spiro atoms. The maximum Gasteiger partial charge on any atom is 0.348 e. The normalized spacial score (nSPS) is 11.6. The van der Waals surface area contributed by atoms with Crippen molar-refractivity contribution in [3.8, 4) is 0 Å². The number of hydrogen-bond acceptors (Lipinski definition) is 6. The maximum atomic E-state index is 13.1. The van der Waals surface area contributed by atoms with Crippen LogP contribution in [0.4, 0.5) is 10.1 Å². The predicted molar refractivity (Wildman–Crippen MR) is 113 cm³/mol. The lowest BCUT2D eigenvalue weighted by atomic mass is 10.2. The number of nitrogens with zero attached hydrogens (tertiary/aromatic N) is 1. The number of fused-ring (bicyclic) bond motifs is 1. The van der Waals surface area contributed by atoms with E-state index in [1.165, 1.54) is 18.4 Å². The molecule has 0 radical (unpaired) electrons. The van der Waals surface area contributed by atoms with E-state index >= 15 is 0 Å². The maximum absolute atomic E-state index is 13.1. The minimum atomic E-state index is -3.94. The monoisotopic (exact) mass is 450 g/mol. The fourth-order valence-electron chi connectivity index (χ4n) is 2.81. The summed E-state index contributed by atoms with van der Waals surface area (Å²) < 4.78 is 45.1. The Morgan fingerprint density at radius 3 is 2.47 bits per heavy atom. The molecule has 0 aliphatic rings. The summed E-state index contributed by atoms with van der Waals surface area (Å²) in [5, 5.41) is 3.42. The number of anilines is 1.